The van der Waals surface area contributed by atoms with E-state index in [4.69, 9.17) is 42.1 Å². The molecule has 3 aromatic carbocycles. The van der Waals surface area contributed by atoms with E-state index in [1.54, 1.807) is 12.1 Å². The zero-order chi connectivity index (χ0) is 45.1. The first-order chi connectivity index (χ1) is 29.3. The summed E-state index contributed by atoms with van der Waals surface area (Å²) in [5.74, 6) is -18.3. The molecular formula is C39H31Cl2F5N6O10. The number of nitrogens with zero attached hydrogens (tertiary/aromatic N) is 6. The second kappa shape index (κ2) is 14.6. The number of amides is 2. The molecule has 1 aliphatic carbocycles. The number of halogens is 7. The SMILES string of the molecule is COc1cc(O)c(C2C3=CCn4c(=O)n(CCc5nc6cc(OC)c(OC)cc6n(C)c5=O)c(=O)n4C3CC3(Cl)C(=O)N(c4c(F)c(F)c(F)c(F)c4F)C(=O)C23Cl)c(OC)c1. The molecule has 2 amide bonds. The Morgan fingerprint density at radius 3 is 2.03 bits per heavy atom. The van der Waals surface area contributed by atoms with E-state index in [-0.39, 0.29) is 39.7 Å². The van der Waals surface area contributed by atoms with Crippen molar-refractivity contribution in [1.29, 1.82) is 0 Å². The van der Waals surface area contributed by atoms with Gasteiger partial charge in [0.1, 0.15) is 28.6 Å². The van der Waals surface area contributed by atoms with E-state index in [1.807, 2.05) is 0 Å². The minimum Gasteiger partial charge on any atom is -0.507 e. The molecule has 4 atom stereocenters. The lowest BCUT2D eigenvalue weighted by atomic mass is 9.64. The Balaban J connectivity index is 1.29. The number of hydrogen-bond acceptors (Lipinski definition) is 11. The van der Waals surface area contributed by atoms with Crippen LogP contribution in [0, 0.1) is 29.1 Å². The molecule has 16 nitrogen and oxygen atoms in total. The fourth-order valence-electron chi connectivity index (χ4n) is 8.64. The molecule has 2 fully saturated rings. The molecule has 2 aliphatic heterocycles. The van der Waals surface area contributed by atoms with Gasteiger partial charge in [0.2, 0.25) is 5.82 Å². The smallest absolute Gasteiger partial charge is 0.347 e. The van der Waals surface area contributed by atoms with Crippen LogP contribution in [0.25, 0.3) is 11.0 Å². The van der Waals surface area contributed by atoms with Crippen LogP contribution in [0.3, 0.4) is 0 Å². The predicted octanol–water partition coefficient (Wildman–Crippen LogP) is 3.93. The third kappa shape index (κ3) is 5.55. The molecule has 2 aromatic heterocycles. The quantitative estimate of drug-likeness (QED) is 0.0566. The summed E-state index contributed by atoms with van der Waals surface area (Å²) in [7, 11) is 6.72. The van der Waals surface area contributed by atoms with Crippen LogP contribution < -0.4 is 40.8 Å². The third-order valence-electron chi connectivity index (χ3n) is 11.6. The van der Waals surface area contributed by atoms with Crippen molar-refractivity contribution in [3.05, 3.63) is 108 Å². The number of hydrogen-bond donors (Lipinski definition) is 1. The van der Waals surface area contributed by atoms with Crippen molar-refractivity contribution in [2.45, 2.75) is 47.6 Å². The summed E-state index contributed by atoms with van der Waals surface area (Å²) in [6.45, 7) is -0.826. The molecule has 1 N–H and O–H groups in total. The monoisotopic (exact) mass is 908 g/mol. The van der Waals surface area contributed by atoms with Gasteiger partial charge < -0.3 is 28.6 Å². The van der Waals surface area contributed by atoms with E-state index in [0.29, 0.717) is 22.5 Å². The third-order valence-corrected chi connectivity index (χ3v) is 13.0. The van der Waals surface area contributed by atoms with Gasteiger partial charge in [-0.25, -0.2) is 55.4 Å². The van der Waals surface area contributed by atoms with Crippen LogP contribution in [0.15, 0.2) is 50.3 Å². The Hall–Kier alpha value is -6.35. The Morgan fingerprint density at radius 1 is 0.806 bits per heavy atom. The van der Waals surface area contributed by atoms with Crippen LogP contribution in [0.5, 0.6) is 28.7 Å². The zero-order valence-corrected chi connectivity index (χ0v) is 34.3. The van der Waals surface area contributed by atoms with Crippen LogP contribution in [0.4, 0.5) is 27.6 Å². The van der Waals surface area contributed by atoms with Crippen molar-refractivity contribution in [2.24, 2.45) is 7.05 Å². The fraction of sp³-hybridized carbons (Fsp3) is 0.333. The number of phenolic OH excluding ortho intramolecular Hbond substituents is 1. The number of anilines is 1. The molecule has 0 spiro atoms. The molecule has 5 aromatic rings. The van der Waals surface area contributed by atoms with Crippen LogP contribution in [0.1, 0.15) is 29.6 Å². The summed E-state index contributed by atoms with van der Waals surface area (Å²) in [6, 6.07) is 3.89. The molecule has 1 saturated heterocycles. The summed E-state index contributed by atoms with van der Waals surface area (Å²) in [5, 5.41) is 11.5. The molecule has 23 heteroatoms. The summed E-state index contributed by atoms with van der Waals surface area (Å²) in [5.41, 5.74) is -4.17. The van der Waals surface area contributed by atoms with Crippen molar-refractivity contribution >= 4 is 51.7 Å². The molecule has 0 radical (unpaired) electrons. The highest BCUT2D eigenvalue weighted by Crippen LogP contribution is 2.66. The Kier molecular flexibility index (Phi) is 10.0. The number of allylic oxidation sites excluding steroid dienone is 2. The summed E-state index contributed by atoms with van der Waals surface area (Å²) < 4.78 is 99.7. The molecular weight excluding hydrogens is 878 g/mol. The van der Waals surface area contributed by atoms with Gasteiger partial charge in [-0.15, -0.1) is 23.2 Å². The zero-order valence-electron chi connectivity index (χ0n) is 32.8. The van der Waals surface area contributed by atoms with Crippen molar-refractivity contribution < 1.29 is 55.6 Å². The molecule has 1 saturated carbocycles. The van der Waals surface area contributed by atoms with Gasteiger partial charge in [-0.1, -0.05) is 6.08 Å². The van der Waals surface area contributed by atoms with E-state index in [2.05, 4.69) is 4.98 Å². The molecule has 4 unspecified atom stereocenters. The van der Waals surface area contributed by atoms with Gasteiger partial charge in [0.15, 0.2) is 44.5 Å². The first-order valence-electron chi connectivity index (χ1n) is 18.3. The highest BCUT2D eigenvalue weighted by molar-refractivity contribution is 6.58. The van der Waals surface area contributed by atoms with Crippen LogP contribution in [0.2, 0.25) is 0 Å². The number of carbonyl (C=O) groups excluding carboxylic acids is 2. The average Bonchev–Trinajstić information content (AvgIpc) is 3.59. The lowest BCUT2D eigenvalue weighted by Crippen LogP contribution is -2.59. The van der Waals surface area contributed by atoms with Gasteiger partial charge in [-0.2, -0.15) is 0 Å². The Labute approximate surface area is 354 Å². The normalized spacial score (nSPS) is 21.7. The number of phenols is 1. The topological polar surface area (TPSA) is 178 Å². The maximum atomic E-state index is 15.4. The van der Waals surface area contributed by atoms with E-state index in [0.717, 1.165) is 27.1 Å². The van der Waals surface area contributed by atoms with E-state index >= 15 is 8.78 Å². The minimum atomic E-state index is -2.96. The van der Waals surface area contributed by atoms with Gasteiger partial charge in [0, 0.05) is 62.2 Å². The van der Waals surface area contributed by atoms with Crippen LogP contribution in [-0.2, 0) is 36.1 Å². The lowest BCUT2D eigenvalue weighted by molar-refractivity contribution is -0.122. The number of aryl methyl sites for hydroxylation is 2. The largest absolute Gasteiger partial charge is 0.507 e. The number of benzene rings is 3. The average molecular weight is 910 g/mol. The Morgan fingerprint density at radius 2 is 1.42 bits per heavy atom. The minimum absolute atomic E-state index is 0.0161. The first-order valence-corrected chi connectivity index (χ1v) is 19.0. The predicted molar refractivity (Wildman–Crippen MR) is 208 cm³/mol. The summed E-state index contributed by atoms with van der Waals surface area (Å²) >= 11 is 14.4. The number of ether oxygens (including phenoxy) is 4. The van der Waals surface area contributed by atoms with Crippen LogP contribution >= 0.6 is 23.2 Å². The van der Waals surface area contributed by atoms with E-state index in [1.165, 1.54) is 45.1 Å². The van der Waals surface area contributed by atoms with Crippen LogP contribution in [-0.4, -0.2) is 78.6 Å². The van der Waals surface area contributed by atoms with Gasteiger partial charge in [-0.3, -0.25) is 14.4 Å². The Bertz CT molecular complexity index is 3010. The van der Waals surface area contributed by atoms with Crippen molar-refractivity contribution in [3.63, 3.8) is 0 Å². The maximum Gasteiger partial charge on any atom is 0.347 e. The first kappa shape index (κ1) is 42.3. The standard InChI is InChI=1S/C39H31Cl2F5N6O10/c1-48-19-13-23(61-4)22(60-3)12-18(19)47-17(33(48)54)7-8-49-36(57)50-9-6-16-20(52(50)37(49)58)14-38(40)34(55)51(32-30(45)28(43)27(42)29(44)31(32)46)35(56)39(38,41)26(16)25-21(53)10-15(59-2)11-24(25)62-5/h6,10-13,20,26,53H,7-9,14H2,1-5H3. The fourth-order valence-corrected chi connectivity index (χ4v) is 9.54. The number of carbonyl (C=O) groups is 2. The molecule has 0 bridgehead atoms. The summed E-state index contributed by atoms with van der Waals surface area (Å²) in [6.07, 6.45) is 0.206. The lowest BCUT2D eigenvalue weighted by Gasteiger charge is -2.49. The number of methoxy groups -OCH3 is 4. The highest BCUT2D eigenvalue weighted by atomic mass is 35.5. The van der Waals surface area contributed by atoms with Gasteiger partial charge in [0.05, 0.1) is 52.1 Å². The number of aromatic hydroxyl groups is 1. The number of alkyl halides is 2. The van der Waals surface area contributed by atoms with E-state index < -0.39 is 110 Å². The number of rotatable bonds is 9. The van der Waals surface area contributed by atoms with Gasteiger partial charge in [0.25, 0.3) is 17.4 Å². The second-order valence-electron chi connectivity index (χ2n) is 14.5. The number of fused-ring (bicyclic) bond motifs is 5. The molecule has 62 heavy (non-hydrogen) atoms. The second-order valence-corrected chi connectivity index (χ2v) is 15.8. The molecule has 3 aliphatic rings. The molecule has 8 rings (SSSR count). The highest BCUT2D eigenvalue weighted by Gasteiger charge is 2.77. The van der Waals surface area contributed by atoms with Gasteiger partial charge in [-0.05, 0) is 5.57 Å². The number of imide groups is 1. The number of aromatic nitrogens is 5. The van der Waals surface area contributed by atoms with Crippen molar-refractivity contribution in [1.82, 2.24) is 23.5 Å². The van der Waals surface area contributed by atoms with Crippen molar-refractivity contribution in [3.8, 4) is 28.7 Å². The van der Waals surface area contributed by atoms with Gasteiger partial charge >= 0.3 is 11.4 Å². The maximum absolute atomic E-state index is 15.4. The summed E-state index contributed by atoms with van der Waals surface area (Å²) in [4.78, 5) is 69.3. The molecule has 4 heterocycles. The molecule has 326 valence electrons. The van der Waals surface area contributed by atoms with E-state index in [9.17, 15) is 42.3 Å². The van der Waals surface area contributed by atoms with Crippen molar-refractivity contribution in [2.75, 3.05) is 33.3 Å².